The van der Waals surface area contributed by atoms with Gasteiger partial charge in [0.15, 0.2) is 0 Å². The maximum atomic E-state index is 8.78. The number of oxime groups is 1. The summed E-state index contributed by atoms with van der Waals surface area (Å²) in [5, 5.41) is 12.8. The normalized spacial score (nSPS) is 19.2. The van der Waals surface area contributed by atoms with E-state index in [9.17, 15) is 0 Å². The van der Waals surface area contributed by atoms with Crippen molar-refractivity contribution >= 4 is 5.71 Å². The van der Waals surface area contributed by atoms with Crippen LogP contribution in [-0.2, 0) is 4.84 Å². The third kappa shape index (κ3) is 1.99. The number of rotatable bonds is 2. The Morgan fingerprint density at radius 2 is 2.47 bits per heavy atom. The van der Waals surface area contributed by atoms with Crippen molar-refractivity contribution in [2.45, 2.75) is 25.9 Å². The van der Waals surface area contributed by atoms with Crippen LogP contribution in [0.2, 0.25) is 0 Å². The molecule has 0 aromatic heterocycles. The summed E-state index contributed by atoms with van der Waals surface area (Å²) in [5.74, 6) is 0. The van der Waals surface area contributed by atoms with Crippen LogP contribution in [0.4, 0.5) is 0 Å². The minimum atomic E-state index is 0.200. The highest BCUT2D eigenvalue weighted by molar-refractivity contribution is 6.01. The Labute approximate surface area is 89.0 Å². The van der Waals surface area contributed by atoms with Crippen LogP contribution in [0.5, 0.6) is 0 Å². The van der Waals surface area contributed by atoms with Gasteiger partial charge in [0.25, 0.3) is 0 Å². The fraction of sp³-hybridized carbons (Fsp3) is 0.333. The second-order valence-corrected chi connectivity index (χ2v) is 3.57. The van der Waals surface area contributed by atoms with E-state index in [1.165, 1.54) is 0 Å². The van der Waals surface area contributed by atoms with Crippen LogP contribution >= 0.6 is 0 Å². The van der Waals surface area contributed by atoms with Gasteiger partial charge in [0.05, 0.1) is 17.3 Å². The maximum Gasteiger partial charge on any atom is 0.133 e. The molecule has 0 radical (unpaired) electrons. The number of hydrogen-bond acceptors (Lipinski definition) is 3. The summed E-state index contributed by atoms with van der Waals surface area (Å²) < 4.78 is 0. The van der Waals surface area contributed by atoms with E-state index in [2.05, 4.69) is 18.1 Å². The number of hydrogen-bond donors (Lipinski definition) is 0. The molecular formula is C12H12N2O. The monoisotopic (exact) mass is 200 g/mol. The van der Waals surface area contributed by atoms with Crippen molar-refractivity contribution in [1.29, 1.82) is 5.26 Å². The van der Waals surface area contributed by atoms with E-state index in [1.807, 2.05) is 18.2 Å². The van der Waals surface area contributed by atoms with Crippen LogP contribution < -0.4 is 0 Å². The molecule has 0 fully saturated rings. The van der Waals surface area contributed by atoms with E-state index < -0.39 is 0 Å². The van der Waals surface area contributed by atoms with Crippen molar-refractivity contribution in [3.63, 3.8) is 0 Å². The molecule has 0 aliphatic carbocycles. The fourth-order valence-corrected chi connectivity index (χ4v) is 1.59. The lowest BCUT2D eigenvalue weighted by Gasteiger charge is -2.02. The summed E-state index contributed by atoms with van der Waals surface area (Å²) in [7, 11) is 0. The molecular weight excluding hydrogens is 188 g/mol. The Kier molecular flexibility index (Phi) is 2.68. The molecule has 1 aliphatic heterocycles. The van der Waals surface area contributed by atoms with Crippen molar-refractivity contribution < 1.29 is 4.84 Å². The van der Waals surface area contributed by atoms with E-state index >= 15 is 0 Å². The zero-order chi connectivity index (χ0) is 10.7. The molecule has 0 amide bonds. The Hall–Kier alpha value is -1.82. The van der Waals surface area contributed by atoms with Gasteiger partial charge in [-0.15, -0.1) is 0 Å². The Morgan fingerprint density at radius 3 is 3.13 bits per heavy atom. The van der Waals surface area contributed by atoms with Crippen molar-refractivity contribution in [1.82, 2.24) is 0 Å². The lowest BCUT2D eigenvalue weighted by molar-refractivity contribution is 0.0829. The molecule has 76 valence electrons. The molecule has 1 aliphatic rings. The SMILES string of the molecule is CCC1CC(c2cccc(C#N)c2)=NO1. The first-order valence-electron chi connectivity index (χ1n) is 5.06. The van der Waals surface area contributed by atoms with Gasteiger partial charge in [-0.3, -0.25) is 0 Å². The van der Waals surface area contributed by atoms with E-state index in [1.54, 1.807) is 6.07 Å². The molecule has 1 aromatic carbocycles. The number of nitriles is 1. The molecule has 15 heavy (non-hydrogen) atoms. The largest absolute Gasteiger partial charge is 0.392 e. The van der Waals surface area contributed by atoms with E-state index in [-0.39, 0.29) is 6.10 Å². The minimum absolute atomic E-state index is 0.200. The minimum Gasteiger partial charge on any atom is -0.392 e. The Balaban J connectivity index is 2.21. The number of benzene rings is 1. The van der Waals surface area contributed by atoms with Crippen molar-refractivity contribution in [3.8, 4) is 6.07 Å². The zero-order valence-corrected chi connectivity index (χ0v) is 8.60. The van der Waals surface area contributed by atoms with E-state index in [0.717, 1.165) is 24.1 Å². The lowest BCUT2D eigenvalue weighted by Crippen LogP contribution is -2.06. The first-order chi connectivity index (χ1) is 7.33. The highest BCUT2D eigenvalue weighted by Crippen LogP contribution is 2.19. The van der Waals surface area contributed by atoms with Gasteiger partial charge in [0, 0.05) is 12.0 Å². The highest BCUT2D eigenvalue weighted by Gasteiger charge is 2.20. The van der Waals surface area contributed by atoms with Crippen molar-refractivity contribution in [2.75, 3.05) is 0 Å². The second kappa shape index (κ2) is 4.14. The summed E-state index contributed by atoms with van der Waals surface area (Å²) in [6.07, 6.45) is 2.00. The smallest absolute Gasteiger partial charge is 0.133 e. The molecule has 3 nitrogen and oxygen atoms in total. The Bertz CT molecular complexity index is 431. The summed E-state index contributed by atoms with van der Waals surface area (Å²) >= 11 is 0. The average Bonchev–Trinajstić information content (AvgIpc) is 2.78. The standard InChI is InChI=1S/C12H12N2O/c1-2-11-7-12(14-15-11)10-5-3-4-9(6-10)8-13/h3-6,11H,2,7H2,1H3. The predicted octanol–water partition coefficient (Wildman–Crippen LogP) is 2.46. The van der Waals surface area contributed by atoms with Crippen LogP contribution in [0.1, 0.15) is 30.9 Å². The summed E-state index contributed by atoms with van der Waals surface area (Å²) in [6, 6.07) is 9.59. The van der Waals surface area contributed by atoms with Crippen molar-refractivity contribution in [3.05, 3.63) is 35.4 Å². The molecule has 1 atom stereocenters. The molecule has 1 heterocycles. The first kappa shape index (κ1) is 9.72. The fourth-order valence-electron chi connectivity index (χ4n) is 1.59. The van der Waals surface area contributed by atoms with Gasteiger partial charge in [0.2, 0.25) is 0 Å². The molecule has 0 spiro atoms. The van der Waals surface area contributed by atoms with Crippen LogP contribution in [0, 0.1) is 11.3 Å². The maximum absolute atomic E-state index is 8.78. The molecule has 1 unspecified atom stereocenters. The number of nitrogens with zero attached hydrogens (tertiary/aromatic N) is 2. The van der Waals surface area contributed by atoms with Crippen LogP contribution in [-0.4, -0.2) is 11.8 Å². The highest BCUT2D eigenvalue weighted by atomic mass is 16.6. The molecule has 0 N–H and O–H groups in total. The van der Waals surface area contributed by atoms with Gasteiger partial charge < -0.3 is 4.84 Å². The van der Waals surface area contributed by atoms with Gasteiger partial charge >= 0.3 is 0 Å². The van der Waals surface area contributed by atoms with Gasteiger partial charge in [-0.25, -0.2) is 0 Å². The third-order valence-corrected chi connectivity index (χ3v) is 2.51. The van der Waals surface area contributed by atoms with Crippen LogP contribution in [0.25, 0.3) is 0 Å². The molecule has 0 bridgehead atoms. The summed E-state index contributed by atoms with van der Waals surface area (Å²) in [5.41, 5.74) is 2.60. The molecule has 0 saturated carbocycles. The molecule has 3 heteroatoms. The second-order valence-electron chi connectivity index (χ2n) is 3.57. The van der Waals surface area contributed by atoms with Gasteiger partial charge in [-0.05, 0) is 18.6 Å². The predicted molar refractivity (Wildman–Crippen MR) is 57.5 cm³/mol. The molecule has 0 saturated heterocycles. The Morgan fingerprint density at radius 1 is 1.60 bits per heavy atom. The van der Waals surface area contributed by atoms with Gasteiger partial charge in [0.1, 0.15) is 6.10 Å². The topological polar surface area (TPSA) is 45.4 Å². The van der Waals surface area contributed by atoms with Crippen LogP contribution in [0.3, 0.4) is 0 Å². The van der Waals surface area contributed by atoms with Crippen molar-refractivity contribution in [2.24, 2.45) is 5.16 Å². The molecule has 2 rings (SSSR count). The van der Waals surface area contributed by atoms with Crippen LogP contribution in [0.15, 0.2) is 29.4 Å². The average molecular weight is 200 g/mol. The van der Waals surface area contributed by atoms with Gasteiger partial charge in [-0.2, -0.15) is 5.26 Å². The van der Waals surface area contributed by atoms with Gasteiger partial charge in [-0.1, -0.05) is 24.2 Å². The third-order valence-electron chi connectivity index (χ3n) is 2.51. The van der Waals surface area contributed by atoms with E-state index in [4.69, 9.17) is 10.1 Å². The summed E-state index contributed by atoms with van der Waals surface area (Å²) in [4.78, 5) is 5.25. The van der Waals surface area contributed by atoms with E-state index in [0.29, 0.717) is 5.56 Å². The molecule has 1 aromatic rings. The first-order valence-corrected chi connectivity index (χ1v) is 5.06. The summed E-state index contributed by atoms with van der Waals surface area (Å²) in [6.45, 7) is 2.08. The quantitative estimate of drug-likeness (QED) is 0.736. The zero-order valence-electron chi connectivity index (χ0n) is 8.60. The lowest BCUT2D eigenvalue weighted by atomic mass is 10.0.